The molecule has 2 aromatic carbocycles. The molecule has 0 unspecified atom stereocenters. The predicted octanol–water partition coefficient (Wildman–Crippen LogP) is 3.00. The topological polar surface area (TPSA) is 60.9 Å². The van der Waals surface area contributed by atoms with Crippen LogP contribution in [0.5, 0.6) is 0 Å². The summed E-state index contributed by atoms with van der Waals surface area (Å²) in [6, 6.07) is 10.4. The second-order valence-corrected chi connectivity index (χ2v) is 6.61. The number of likely N-dealkylation sites (N-methyl/N-ethyl adjacent to an activating group) is 1. The van der Waals surface area contributed by atoms with Crippen molar-refractivity contribution in [1.29, 1.82) is 0 Å². The molecule has 0 radical (unpaired) electrons. The Balaban J connectivity index is 2.16. The lowest BCUT2D eigenvalue weighted by molar-refractivity contribution is -0.120. The Morgan fingerprint density at radius 2 is 1.78 bits per heavy atom. The molecule has 1 N–H and O–H groups in total. The van der Waals surface area contributed by atoms with E-state index in [1.54, 1.807) is 32.2 Å². The van der Waals surface area contributed by atoms with Crippen LogP contribution in [0.25, 0.3) is 5.57 Å². The van der Waals surface area contributed by atoms with Crippen LogP contribution in [0.2, 0.25) is 5.02 Å². The summed E-state index contributed by atoms with van der Waals surface area (Å²) >= 11 is 6.16. The summed E-state index contributed by atoms with van der Waals surface area (Å²) in [5.74, 6) is -1.47. The molecule has 0 bridgehead atoms. The van der Waals surface area contributed by atoms with Crippen molar-refractivity contribution in [2.24, 2.45) is 0 Å². The number of carbonyl (C=O) groups excluding carboxylic acids is 2. The first-order valence-electron chi connectivity index (χ1n) is 8.33. The summed E-state index contributed by atoms with van der Waals surface area (Å²) in [7, 11) is 1.62. The Morgan fingerprint density at radius 3 is 2.41 bits per heavy atom. The van der Waals surface area contributed by atoms with Crippen molar-refractivity contribution in [2.45, 2.75) is 6.92 Å². The molecule has 0 saturated heterocycles. The zero-order valence-electron chi connectivity index (χ0n) is 14.9. The third-order valence-corrected chi connectivity index (χ3v) is 4.90. The highest BCUT2D eigenvalue weighted by molar-refractivity contribution is 6.45. The van der Waals surface area contributed by atoms with Crippen molar-refractivity contribution in [3.63, 3.8) is 0 Å². The second-order valence-electron chi connectivity index (χ2n) is 6.21. The molecule has 0 aliphatic carbocycles. The van der Waals surface area contributed by atoms with Gasteiger partial charge in [-0.05, 0) is 42.3 Å². The Hall–Kier alpha value is -2.70. The summed E-state index contributed by atoms with van der Waals surface area (Å²) in [4.78, 5) is 29.0. The van der Waals surface area contributed by atoms with E-state index in [-0.39, 0.29) is 24.4 Å². The third-order valence-electron chi connectivity index (χ3n) is 4.49. The number of imide groups is 1. The number of carbonyl (C=O) groups is 2. The molecule has 2 aromatic rings. The van der Waals surface area contributed by atoms with E-state index in [9.17, 15) is 19.1 Å². The van der Waals surface area contributed by atoms with Gasteiger partial charge in [-0.2, -0.15) is 0 Å². The predicted molar refractivity (Wildman–Crippen MR) is 102 cm³/mol. The number of hydrogen-bond donors (Lipinski definition) is 1. The molecule has 0 atom stereocenters. The zero-order chi connectivity index (χ0) is 19.7. The van der Waals surface area contributed by atoms with Crippen LogP contribution in [0.4, 0.5) is 10.1 Å². The van der Waals surface area contributed by atoms with E-state index in [1.807, 2.05) is 0 Å². The molecule has 0 aromatic heterocycles. The van der Waals surface area contributed by atoms with Gasteiger partial charge in [0, 0.05) is 18.6 Å². The lowest BCUT2D eigenvalue weighted by Crippen LogP contribution is -2.35. The highest BCUT2D eigenvalue weighted by Gasteiger charge is 2.42. The molecule has 0 spiro atoms. The maximum atomic E-state index is 13.3. The van der Waals surface area contributed by atoms with Crippen LogP contribution < -0.4 is 4.90 Å². The number of benzene rings is 2. The molecule has 7 heteroatoms. The van der Waals surface area contributed by atoms with Crippen molar-refractivity contribution in [2.75, 3.05) is 25.1 Å². The summed E-state index contributed by atoms with van der Waals surface area (Å²) in [6.45, 7) is 1.71. The SMILES string of the molecule is Cc1c(Cl)cccc1N1C(=O)C(c2ccc(F)cc2)=C(N(C)CCO)C1=O. The molecule has 27 heavy (non-hydrogen) atoms. The van der Waals surface area contributed by atoms with Crippen molar-refractivity contribution < 1.29 is 19.1 Å². The van der Waals surface area contributed by atoms with Crippen LogP contribution in [0.3, 0.4) is 0 Å². The van der Waals surface area contributed by atoms with Crippen LogP contribution in [0.1, 0.15) is 11.1 Å². The van der Waals surface area contributed by atoms with Crippen LogP contribution in [-0.4, -0.2) is 42.0 Å². The van der Waals surface area contributed by atoms with E-state index in [2.05, 4.69) is 0 Å². The third kappa shape index (κ3) is 3.34. The molecule has 1 heterocycles. The number of nitrogens with zero attached hydrogens (tertiary/aromatic N) is 2. The summed E-state index contributed by atoms with van der Waals surface area (Å²) < 4.78 is 13.3. The van der Waals surface area contributed by atoms with Crippen molar-refractivity contribution >= 4 is 34.7 Å². The minimum absolute atomic E-state index is 0.153. The van der Waals surface area contributed by atoms with Gasteiger partial charge in [-0.25, -0.2) is 9.29 Å². The van der Waals surface area contributed by atoms with Gasteiger partial charge in [-0.15, -0.1) is 0 Å². The molecule has 5 nitrogen and oxygen atoms in total. The highest BCUT2D eigenvalue weighted by atomic mass is 35.5. The molecule has 3 rings (SSSR count). The smallest absolute Gasteiger partial charge is 0.282 e. The lowest BCUT2D eigenvalue weighted by atomic mass is 10.0. The standard InChI is InChI=1S/C20H18ClFN2O3/c1-12-15(21)4-3-5-16(12)24-19(26)17(13-6-8-14(22)9-7-13)18(20(24)27)23(2)10-11-25/h3-9,25H,10-11H2,1-2H3. The Kier molecular flexibility index (Phi) is 5.30. The van der Waals surface area contributed by atoms with E-state index >= 15 is 0 Å². The summed E-state index contributed by atoms with van der Waals surface area (Å²) in [5, 5.41) is 9.70. The van der Waals surface area contributed by atoms with Crippen LogP contribution in [0, 0.1) is 12.7 Å². The Bertz CT molecular complexity index is 941. The summed E-state index contributed by atoms with van der Waals surface area (Å²) in [6.07, 6.45) is 0. The molecule has 2 amide bonds. The van der Waals surface area contributed by atoms with Gasteiger partial charge in [0.25, 0.3) is 11.8 Å². The fourth-order valence-corrected chi connectivity index (χ4v) is 3.24. The first-order chi connectivity index (χ1) is 12.9. The number of anilines is 1. The van der Waals surface area contributed by atoms with Gasteiger partial charge in [-0.1, -0.05) is 29.8 Å². The van der Waals surface area contributed by atoms with Gasteiger partial charge in [0.2, 0.25) is 0 Å². The molecule has 0 saturated carbocycles. The van der Waals surface area contributed by atoms with Gasteiger partial charge in [0.15, 0.2) is 0 Å². The normalized spacial score (nSPS) is 14.3. The van der Waals surface area contributed by atoms with Gasteiger partial charge >= 0.3 is 0 Å². The highest BCUT2D eigenvalue weighted by Crippen LogP contribution is 2.37. The van der Waals surface area contributed by atoms with Crippen LogP contribution in [0.15, 0.2) is 48.2 Å². The maximum Gasteiger partial charge on any atom is 0.282 e. The molecular formula is C20H18ClFN2O3. The summed E-state index contributed by atoms with van der Waals surface area (Å²) in [5.41, 5.74) is 1.74. The Morgan fingerprint density at radius 1 is 1.11 bits per heavy atom. The Labute approximate surface area is 161 Å². The number of rotatable bonds is 5. The van der Waals surface area contributed by atoms with Gasteiger partial charge in [0.05, 0.1) is 17.9 Å². The average Bonchev–Trinajstić information content (AvgIpc) is 2.89. The van der Waals surface area contributed by atoms with Gasteiger partial charge < -0.3 is 10.0 Å². The van der Waals surface area contributed by atoms with E-state index in [0.29, 0.717) is 21.8 Å². The van der Waals surface area contributed by atoms with E-state index < -0.39 is 17.6 Å². The minimum atomic E-state index is -0.517. The molecule has 0 fully saturated rings. The van der Waals surface area contributed by atoms with E-state index in [1.165, 1.54) is 29.2 Å². The van der Waals surface area contributed by atoms with Gasteiger partial charge in [0.1, 0.15) is 11.5 Å². The second kappa shape index (κ2) is 7.50. The first-order valence-corrected chi connectivity index (χ1v) is 8.70. The lowest BCUT2D eigenvalue weighted by Gasteiger charge is -2.21. The maximum absolute atomic E-state index is 13.3. The fourth-order valence-electron chi connectivity index (χ4n) is 3.07. The van der Waals surface area contributed by atoms with Crippen LogP contribution >= 0.6 is 11.6 Å². The first kappa shape index (κ1) is 19.1. The molecular weight excluding hydrogens is 371 g/mol. The fraction of sp³-hybridized carbons (Fsp3) is 0.200. The van der Waals surface area contributed by atoms with Crippen LogP contribution in [-0.2, 0) is 9.59 Å². The number of halogens is 2. The zero-order valence-corrected chi connectivity index (χ0v) is 15.6. The van der Waals surface area contributed by atoms with E-state index in [0.717, 1.165) is 4.90 Å². The molecule has 1 aliphatic rings. The number of aliphatic hydroxyl groups excluding tert-OH is 1. The number of amides is 2. The van der Waals surface area contributed by atoms with Crippen molar-refractivity contribution in [3.8, 4) is 0 Å². The number of hydrogen-bond acceptors (Lipinski definition) is 4. The van der Waals surface area contributed by atoms with Crippen molar-refractivity contribution in [1.82, 2.24) is 4.90 Å². The van der Waals surface area contributed by atoms with Gasteiger partial charge in [-0.3, -0.25) is 9.59 Å². The average molecular weight is 389 g/mol. The monoisotopic (exact) mass is 388 g/mol. The van der Waals surface area contributed by atoms with E-state index in [4.69, 9.17) is 11.6 Å². The number of aliphatic hydroxyl groups is 1. The quantitative estimate of drug-likeness (QED) is 0.800. The largest absolute Gasteiger partial charge is 0.395 e. The molecule has 140 valence electrons. The van der Waals surface area contributed by atoms with Crippen molar-refractivity contribution in [3.05, 3.63) is 70.1 Å². The molecule has 1 aliphatic heterocycles. The minimum Gasteiger partial charge on any atom is -0.395 e.